The van der Waals surface area contributed by atoms with Crippen molar-refractivity contribution in [2.75, 3.05) is 13.1 Å². The van der Waals surface area contributed by atoms with E-state index in [1.54, 1.807) is 17.5 Å². The number of nitrogens with zero attached hydrogens (tertiary/aromatic N) is 2. The molecule has 0 radical (unpaired) electrons. The van der Waals surface area contributed by atoms with Crippen LogP contribution in [0.2, 0.25) is 0 Å². The summed E-state index contributed by atoms with van der Waals surface area (Å²) in [4.78, 5) is 5.34. The number of benzene rings is 1. The van der Waals surface area contributed by atoms with E-state index in [0.717, 1.165) is 36.0 Å². The van der Waals surface area contributed by atoms with Gasteiger partial charge in [0.15, 0.2) is 0 Å². The molecule has 0 amide bonds. The highest BCUT2D eigenvalue weighted by atomic mass is 32.1. The minimum atomic E-state index is -0.00616. The lowest BCUT2D eigenvalue weighted by atomic mass is 10.1. The molecule has 0 aliphatic carbocycles. The molecule has 122 valence electrons. The fraction of sp³-hybridized carbons (Fsp3) is 0.263. The van der Waals surface area contributed by atoms with E-state index in [9.17, 15) is 5.26 Å². The SMILES string of the molecule is CCNCC[C@H](Oc1cccc2c(C#N)nccc12)c1cccs1. The molecule has 1 N–H and O–H groups in total. The van der Waals surface area contributed by atoms with Crippen LogP contribution >= 0.6 is 11.3 Å². The van der Waals surface area contributed by atoms with Gasteiger partial charge in [-0.3, -0.25) is 0 Å². The molecule has 1 atom stereocenters. The number of nitrogens with one attached hydrogen (secondary N) is 1. The summed E-state index contributed by atoms with van der Waals surface area (Å²) in [6, 6.07) is 14.0. The Balaban J connectivity index is 1.92. The predicted molar refractivity (Wildman–Crippen MR) is 97.3 cm³/mol. The Kier molecular flexibility index (Phi) is 5.42. The van der Waals surface area contributed by atoms with E-state index < -0.39 is 0 Å². The molecule has 4 nitrogen and oxygen atoms in total. The van der Waals surface area contributed by atoms with E-state index in [1.807, 2.05) is 30.3 Å². The van der Waals surface area contributed by atoms with E-state index in [2.05, 4.69) is 34.7 Å². The molecule has 0 aliphatic heterocycles. The van der Waals surface area contributed by atoms with Gasteiger partial charge in [0.1, 0.15) is 23.6 Å². The number of aromatic nitrogens is 1. The molecule has 0 spiro atoms. The molecular weight excluding hydrogens is 318 g/mol. The Morgan fingerprint density at radius 1 is 1.25 bits per heavy atom. The zero-order chi connectivity index (χ0) is 16.8. The van der Waals surface area contributed by atoms with Gasteiger partial charge in [-0.1, -0.05) is 25.1 Å². The van der Waals surface area contributed by atoms with Crippen molar-refractivity contribution in [1.29, 1.82) is 5.26 Å². The van der Waals surface area contributed by atoms with Gasteiger partial charge in [0.2, 0.25) is 0 Å². The molecule has 0 saturated heterocycles. The van der Waals surface area contributed by atoms with Crippen LogP contribution in [0.5, 0.6) is 5.75 Å². The van der Waals surface area contributed by atoms with Crippen LogP contribution in [0.3, 0.4) is 0 Å². The van der Waals surface area contributed by atoms with Crippen molar-refractivity contribution in [3.63, 3.8) is 0 Å². The van der Waals surface area contributed by atoms with Gasteiger partial charge in [0, 0.05) is 28.3 Å². The highest BCUT2D eigenvalue weighted by molar-refractivity contribution is 7.10. The molecule has 24 heavy (non-hydrogen) atoms. The summed E-state index contributed by atoms with van der Waals surface area (Å²) in [7, 11) is 0. The van der Waals surface area contributed by atoms with Crippen molar-refractivity contribution >= 4 is 22.1 Å². The van der Waals surface area contributed by atoms with Crippen molar-refractivity contribution in [1.82, 2.24) is 10.3 Å². The lowest BCUT2D eigenvalue weighted by Crippen LogP contribution is -2.19. The first-order chi connectivity index (χ1) is 11.8. The second-order valence-corrected chi connectivity index (χ2v) is 6.37. The largest absolute Gasteiger partial charge is 0.484 e. The molecule has 3 rings (SSSR count). The summed E-state index contributed by atoms with van der Waals surface area (Å²) in [6.07, 6.45) is 2.54. The first kappa shape index (κ1) is 16.4. The predicted octanol–water partition coefficient (Wildman–Crippen LogP) is 4.29. The monoisotopic (exact) mass is 337 g/mol. The van der Waals surface area contributed by atoms with Crippen LogP contribution < -0.4 is 10.1 Å². The fourth-order valence-corrected chi connectivity index (χ4v) is 3.46. The highest BCUT2D eigenvalue weighted by Gasteiger charge is 2.16. The van der Waals surface area contributed by atoms with E-state index >= 15 is 0 Å². The lowest BCUT2D eigenvalue weighted by Gasteiger charge is -2.19. The van der Waals surface area contributed by atoms with E-state index in [-0.39, 0.29) is 6.10 Å². The summed E-state index contributed by atoms with van der Waals surface area (Å²) in [5.41, 5.74) is 0.429. The van der Waals surface area contributed by atoms with Gasteiger partial charge < -0.3 is 10.1 Å². The second kappa shape index (κ2) is 7.91. The fourth-order valence-electron chi connectivity index (χ4n) is 2.67. The molecule has 3 aromatic rings. The van der Waals surface area contributed by atoms with E-state index in [4.69, 9.17) is 4.74 Å². The number of nitriles is 1. The minimum absolute atomic E-state index is 0.00616. The Morgan fingerprint density at radius 2 is 2.17 bits per heavy atom. The van der Waals surface area contributed by atoms with Crippen LogP contribution in [0, 0.1) is 11.3 Å². The van der Waals surface area contributed by atoms with Gasteiger partial charge in [-0.15, -0.1) is 11.3 Å². The standard InChI is InChI=1S/C19H19N3OS/c1-2-21-10-9-18(19-7-4-12-24-19)23-17-6-3-5-14-15(17)8-11-22-16(14)13-20/h3-8,11-12,18,21H,2,9-10H2,1H3/t18-/m0/s1. The molecule has 0 fully saturated rings. The van der Waals surface area contributed by atoms with Gasteiger partial charge in [-0.2, -0.15) is 5.26 Å². The van der Waals surface area contributed by atoms with Crippen LogP contribution in [0.4, 0.5) is 0 Å². The maximum Gasteiger partial charge on any atom is 0.148 e. The number of hydrogen-bond acceptors (Lipinski definition) is 5. The Labute approximate surface area is 145 Å². The quantitative estimate of drug-likeness (QED) is 0.654. The summed E-state index contributed by atoms with van der Waals surface area (Å²) >= 11 is 1.70. The molecule has 2 heterocycles. The minimum Gasteiger partial charge on any atom is -0.484 e. The van der Waals surface area contributed by atoms with E-state index in [1.165, 1.54) is 4.88 Å². The number of hydrogen-bond donors (Lipinski definition) is 1. The van der Waals surface area contributed by atoms with Crippen molar-refractivity contribution in [3.05, 3.63) is 58.5 Å². The first-order valence-electron chi connectivity index (χ1n) is 8.02. The normalized spacial score (nSPS) is 12.0. The topological polar surface area (TPSA) is 57.9 Å². The Hall–Kier alpha value is -2.42. The zero-order valence-electron chi connectivity index (χ0n) is 13.5. The number of pyridine rings is 1. The smallest absolute Gasteiger partial charge is 0.148 e. The van der Waals surface area contributed by atoms with Gasteiger partial charge >= 0.3 is 0 Å². The van der Waals surface area contributed by atoms with Crippen molar-refractivity contribution in [2.24, 2.45) is 0 Å². The molecule has 5 heteroatoms. The number of ether oxygens (including phenoxy) is 1. The van der Waals surface area contributed by atoms with Crippen molar-refractivity contribution < 1.29 is 4.74 Å². The second-order valence-electron chi connectivity index (χ2n) is 5.39. The maximum atomic E-state index is 9.24. The van der Waals surface area contributed by atoms with Crippen molar-refractivity contribution in [3.8, 4) is 11.8 Å². The average Bonchev–Trinajstić information content (AvgIpc) is 3.15. The van der Waals surface area contributed by atoms with Crippen LogP contribution in [-0.4, -0.2) is 18.1 Å². The highest BCUT2D eigenvalue weighted by Crippen LogP contribution is 2.33. The van der Waals surface area contributed by atoms with Crippen LogP contribution in [0.25, 0.3) is 10.8 Å². The maximum absolute atomic E-state index is 9.24. The molecule has 1 aromatic carbocycles. The van der Waals surface area contributed by atoms with Crippen LogP contribution in [0.15, 0.2) is 48.0 Å². The van der Waals surface area contributed by atoms with Gasteiger partial charge in [0.25, 0.3) is 0 Å². The lowest BCUT2D eigenvalue weighted by molar-refractivity contribution is 0.200. The number of rotatable bonds is 7. The average molecular weight is 337 g/mol. The van der Waals surface area contributed by atoms with Crippen LogP contribution in [-0.2, 0) is 0 Å². The summed E-state index contributed by atoms with van der Waals surface area (Å²) in [5.74, 6) is 0.793. The third-order valence-electron chi connectivity index (χ3n) is 3.84. The number of thiophene rings is 1. The molecule has 0 bridgehead atoms. The Morgan fingerprint density at radius 3 is 2.92 bits per heavy atom. The summed E-state index contributed by atoms with van der Waals surface area (Å²) < 4.78 is 6.35. The first-order valence-corrected chi connectivity index (χ1v) is 8.90. The van der Waals surface area contributed by atoms with E-state index in [0.29, 0.717) is 5.69 Å². The third kappa shape index (κ3) is 3.56. The molecule has 0 unspecified atom stereocenters. The summed E-state index contributed by atoms with van der Waals surface area (Å²) in [6.45, 7) is 3.94. The van der Waals surface area contributed by atoms with Crippen LogP contribution in [0.1, 0.15) is 30.0 Å². The zero-order valence-corrected chi connectivity index (χ0v) is 14.3. The molecule has 0 aliphatic rings. The Bertz CT molecular complexity index is 839. The molecule has 0 saturated carbocycles. The van der Waals surface area contributed by atoms with Gasteiger partial charge in [0.05, 0.1) is 0 Å². The van der Waals surface area contributed by atoms with Gasteiger partial charge in [-0.05, 0) is 36.7 Å². The van der Waals surface area contributed by atoms with Crippen molar-refractivity contribution in [2.45, 2.75) is 19.4 Å². The molecule has 2 aromatic heterocycles. The van der Waals surface area contributed by atoms with Gasteiger partial charge in [-0.25, -0.2) is 4.98 Å². The number of fused-ring (bicyclic) bond motifs is 1. The summed E-state index contributed by atoms with van der Waals surface area (Å²) in [5, 5.41) is 16.4. The molecular formula is C19H19N3OS. The third-order valence-corrected chi connectivity index (χ3v) is 4.80.